The number of likely N-dealkylation sites (N-methyl/N-ethyl adjacent to an activating group) is 2. The highest BCUT2D eigenvalue weighted by atomic mass is 32.2. The summed E-state index contributed by atoms with van der Waals surface area (Å²) in [5, 5.41) is 12.7. The molecule has 92 heavy (non-hydrogen) atoms. The fourth-order valence-electron chi connectivity index (χ4n) is 14.8. The summed E-state index contributed by atoms with van der Waals surface area (Å²) in [7, 11) is -6.37. The Labute approximate surface area is 530 Å². The van der Waals surface area contributed by atoms with Crippen molar-refractivity contribution >= 4 is 84.4 Å². The molecule has 6 aromatic rings. The van der Waals surface area contributed by atoms with Crippen LogP contribution in [0, 0.1) is 0 Å². The van der Waals surface area contributed by atoms with E-state index in [1.807, 2.05) is 42.5 Å². The number of piperazine rings is 2. The van der Waals surface area contributed by atoms with Crippen LogP contribution in [0.5, 0.6) is 0 Å². The SMILES string of the molecule is CN1C(=O)C(=O)N2[C@H]3N(S(=O)(=O)c4ccccc4)c4ccccc4[C@@]3(C3=CCc4ccccc43)[C@H](OC(=O)OC(C)(C)C)[C@]2(O)C1=O.CN1CC(=O)N2[C@H](C1=O)[C@@H](OC(=O)OC(C)(C)C)[C@]1(C3=CCc4ccccc43)c3ccccc3N(S(=O)(=O)c3ccccc3)[C@H]21. The van der Waals surface area contributed by atoms with E-state index in [1.165, 1.54) is 63.6 Å². The van der Waals surface area contributed by atoms with Gasteiger partial charge < -0.3 is 33.9 Å². The molecule has 5 amide bonds. The van der Waals surface area contributed by atoms with Crippen LogP contribution in [-0.2, 0) is 86.6 Å². The molecule has 0 unspecified atom stereocenters. The van der Waals surface area contributed by atoms with Gasteiger partial charge in [-0.05, 0) is 135 Å². The van der Waals surface area contributed by atoms with Crippen molar-refractivity contribution in [3.63, 3.8) is 0 Å². The first-order valence-electron chi connectivity index (χ1n) is 29.7. The number of imide groups is 1. The van der Waals surface area contributed by atoms with E-state index in [2.05, 4.69) is 0 Å². The number of ether oxygens (including phenoxy) is 4. The Hall–Kier alpha value is -9.65. The van der Waals surface area contributed by atoms with Gasteiger partial charge in [0.2, 0.25) is 11.8 Å². The van der Waals surface area contributed by atoms with Gasteiger partial charge in [0.25, 0.3) is 31.7 Å². The van der Waals surface area contributed by atoms with Gasteiger partial charge in [0.15, 0.2) is 18.2 Å². The second-order valence-electron chi connectivity index (χ2n) is 25.7. The molecule has 2 aliphatic carbocycles. The maximum atomic E-state index is 14.7. The van der Waals surface area contributed by atoms with E-state index in [-0.39, 0.29) is 27.6 Å². The van der Waals surface area contributed by atoms with Crippen molar-refractivity contribution in [1.82, 2.24) is 19.6 Å². The van der Waals surface area contributed by atoms with Crippen molar-refractivity contribution < 1.29 is 74.5 Å². The number of aliphatic hydroxyl groups is 1. The smallest absolute Gasteiger partial charge is 0.429 e. The number of anilines is 2. The number of hydrogen-bond acceptors (Lipinski definition) is 16. The van der Waals surface area contributed by atoms with Crippen molar-refractivity contribution in [2.45, 2.75) is 123 Å². The van der Waals surface area contributed by atoms with Crippen LogP contribution in [0.4, 0.5) is 21.0 Å². The summed E-state index contributed by atoms with van der Waals surface area (Å²) in [5.41, 5.74) is -2.82. The van der Waals surface area contributed by atoms with Gasteiger partial charge in [0.1, 0.15) is 34.4 Å². The number of nitrogens with zero attached hydrogens (tertiary/aromatic N) is 6. The Morgan fingerprint density at radius 1 is 0.543 bits per heavy atom. The molecule has 0 radical (unpaired) electrons. The molecule has 6 aromatic carbocycles. The third-order valence-electron chi connectivity index (χ3n) is 18.1. The van der Waals surface area contributed by atoms with E-state index < -0.39 is 120 Å². The van der Waals surface area contributed by atoms with E-state index in [4.69, 9.17) is 18.9 Å². The Bertz CT molecular complexity index is 4470. The molecule has 14 rings (SSSR count). The van der Waals surface area contributed by atoms with Crippen molar-refractivity contribution in [2.75, 3.05) is 29.3 Å². The van der Waals surface area contributed by atoms with Crippen LogP contribution in [0.3, 0.4) is 0 Å². The lowest BCUT2D eigenvalue weighted by atomic mass is 9.67. The Morgan fingerprint density at radius 3 is 1.49 bits per heavy atom. The van der Waals surface area contributed by atoms with Crippen LogP contribution in [0.25, 0.3) is 11.1 Å². The largest absolute Gasteiger partial charge is 0.509 e. The molecular formula is C68H64N6O16S2. The summed E-state index contributed by atoms with van der Waals surface area (Å²) < 4.78 is 84.5. The Kier molecular flexibility index (Phi) is 14.1. The van der Waals surface area contributed by atoms with Crippen LogP contribution in [0.2, 0.25) is 0 Å². The lowest BCUT2D eigenvalue weighted by molar-refractivity contribution is -0.206. The molecule has 474 valence electrons. The number of carbonyl (C=O) groups excluding carboxylic acids is 7. The Balaban J connectivity index is 0.000000168. The quantitative estimate of drug-likeness (QED) is 0.0909. The van der Waals surface area contributed by atoms with Crippen LogP contribution in [-0.4, -0.2) is 152 Å². The first-order valence-corrected chi connectivity index (χ1v) is 32.6. The molecule has 4 saturated heterocycles. The highest BCUT2D eigenvalue weighted by molar-refractivity contribution is 7.93. The van der Waals surface area contributed by atoms with Gasteiger partial charge in [0.05, 0.1) is 27.7 Å². The van der Waals surface area contributed by atoms with Crippen molar-refractivity contribution in [3.8, 4) is 0 Å². The van der Waals surface area contributed by atoms with Gasteiger partial charge in [-0.1, -0.05) is 133 Å². The minimum atomic E-state index is -4.59. The molecular weight excluding hydrogens is 1220 g/mol. The first kappa shape index (κ1) is 61.2. The summed E-state index contributed by atoms with van der Waals surface area (Å²) in [6, 6.07) is 42.6. The minimum Gasteiger partial charge on any atom is -0.429 e. The number of benzene rings is 6. The molecule has 6 aliphatic heterocycles. The third-order valence-corrected chi connectivity index (χ3v) is 21.7. The summed E-state index contributed by atoms with van der Waals surface area (Å²) in [6.45, 7) is 9.63. The lowest BCUT2D eigenvalue weighted by Gasteiger charge is -2.44. The van der Waals surface area contributed by atoms with E-state index in [9.17, 15) is 55.5 Å². The summed E-state index contributed by atoms with van der Waals surface area (Å²) in [6.07, 6.45) is -3.93. The van der Waals surface area contributed by atoms with Crippen LogP contribution >= 0.6 is 0 Å². The van der Waals surface area contributed by atoms with Crippen LogP contribution in [0.15, 0.2) is 180 Å². The predicted octanol–water partition coefficient (Wildman–Crippen LogP) is 7.05. The second-order valence-corrected chi connectivity index (χ2v) is 29.3. The molecule has 8 aliphatic rings. The first-order chi connectivity index (χ1) is 43.5. The summed E-state index contributed by atoms with van der Waals surface area (Å²) >= 11 is 0. The lowest BCUT2D eigenvalue weighted by Crippen LogP contribution is -2.73. The van der Waals surface area contributed by atoms with E-state index in [0.29, 0.717) is 50.6 Å². The van der Waals surface area contributed by atoms with Gasteiger partial charge in [0, 0.05) is 14.1 Å². The number of fused-ring (bicyclic) bond motifs is 12. The number of carbonyl (C=O) groups is 7. The molecule has 6 heterocycles. The van der Waals surface area contributed by atoms with E-state index >= 15 is 0 Å². The third kappa shape index (κ3) is 8.76. The predicted molar refractivity (Wildman–Crippen MR) is 332 cm³/mol. The molecule has 0 saturated carbocycles. The molecule has 4 fully saturated rings. The maximum Gasteiger partial charge on any atom is 0.509 e. The second kappa shape index (κ2) is 21.2. The zero-order valence-electron chi connectivity index (χ0n) is 51.2. The zero-order valence-corrected chi connectivity index (χ0v) is 52.9. The monoisotopic (exact) mass is 1280 g/mol. The number of allylic oxidation sites excluding steroid dienone is 2. The molecule has 24 heteroatoms. The topological polar surface area (TPSA) is 264 Å². The summed E-state index contributed by atoms with van der Waals surface area (Å²) in [5.74, 6) is -4.84. The van der Waals surface area contributed by atoms with Crippen molar-refractivity contribution in [3.05, 3.63) is 203 Å². The molecule has 8 atom stereocenters. The highest BCUT2D eigenvalue weighted by Gasteiger charge is 2.83. The van der Waals surface area contributed by atoms with E-state index in [0.717, 1.165) is 28.0 Å². The minimum absolute atomic E-state index is 0.0253. The number of para-hydroxylation sites is 2. The van der Waals surface area contributed by atoms with E-state index in [1.54, 1.807) is 126 Å². The van der Waals surface area contributed by atoms with Gasteiger partial charge in [-0.3, -0.25) is 33.8 Å². The average Bonchev–Trinajstić information content (AvgIpc) is 1.49. The normalized spacial score (nSPS) is 25.9. The Morgan fingerprint density at radius 2 is 0.978 bits per heavy atom. The van der Waals surface area contributed by atoms with Crippen molar-refractivity contribution in [1.29, 1.82) is 0 Å². The standard InChI is InChI=1S/C34H31N3O9S.C34H33N3O7S/c1-32(2,3)46-31(41)45-28-33(23-19-18-20-12-8-9-15-22(20)23)24-16-10-11-17-25(24)37(47(43,44)21-13-6-5-7-14-21)29(33)36-27(39)26(38)35(4)30(40)34(28,36)42;1-33(2,3)44-32(40)43-29-28-30(39)35(4)20-27(38)36(28)31-34(29,24-19-18-21-12-8-9-15-23(21)24)25-16-10-11-17-26(25)37(31)45(41,42)22-13-6-5-7-14-22/h5-17,19,28-29,42H,18H2,1-4H3;5-17,19,28-29,31H,18,20H2,1-4H3/t28-,29-,33-,34-;28-,29+,31-,34-/m00/s1. The molecule has 1 N–H and O–H groups in total. The number of rotatable bonds is 8. The fraction of sp³-hybridized carbons (Fsp3) is 0.309. The average molecular weight is 1290 g/mol. The number of sulfonamides is 2. The van der Waals surface area contributed by atoms with Gasteiger partial charge in [-0.25, -0.2) is 35.0 Å². The molecule has 0 bridgehead atoms. The maximum absolute atomic E-state index is 14.7. The molecule has 22 nitrogen and oxygen atoms in total. The van der Waals surface area contributed by atoms with Gasteiger partial charge >= 0.3 is 24.1 Å². The number of hydrogen-bond donors (Lipinski definition) is 1. The molecule has 0 spiro atoms. The zero-order chi connectivity index (χ0) is 65.6. The van der Waals surface area contributed by atoms with Crippen molar-refractivity contribution in [2.24, 2.45) is 0 Å². The van der Waals surface area contributed by atoms with Crippen LogP contribution < -0.4 is 8.61 Å². The van der Waals surface area contributed by atoms with Gasteiger partial charge in [-0.15, -0.1) is 0 Å². The van der Waals surface area contributed by atoms with Crippen LogP contribution in [0.1, 0.15) is 74.9 Å². The van der Waals surface area contributed by atoms with Gasteiger partial charge in [-0.2, -0.15) is 0 Å². The fourth-order valence-corrected chi connectivity index (χ4v) is 18.1. The molecule has 0 aromatic heterocycles. The highest BCUT2D eigenvalue weighted by Crippen LogP contribution is 2.67. The summed E-state index contributed by atoms with van der Waals surface area (Å²) in [4.78, 5) is 101. The number of amides is 5.